The number of anilines is 1. The fourth-order valence-electron chi connectivity index (χ4n) is 2.77. The number of ether oxygens (including phenoxy) is 1. The van der Waals surface area contributed by atoms with Gasteiger partial charge in [0.1, 0.15) is 11.6 Å². The van der Waals surface area contributed by atoms with Crippen LogP contribution in [0.3, 0.4) is 0 Å². The number of hydrogen-bond acceptors (Lipinski definition) is 6. The van der Waals surface area contributed by atoms with Crippen LogP contribution in [0.4, 0.5) is 15.8 Å². The number of hydrogen-bond donors (Lipinski definition) is 1. The molecule has 3 rings (SSSR count). The maximum Gasteiger partial charge on any atom is 0.270 e. The molecule has 8 nitrogen and oxygen atoms in total. The molecule has 3 aromatic rings. The van der Waals surface area contributed by atoms with Crippen LogP contribution < -0.4 is 15.0 Å². The molecular formula is C21H19FN4O4. The van der Waals surface area contributed by atoms with Crippen molar-refractivity contribution in [2.45, 2.75) is 6.54 Å². The van der Waals surface area contributed by atoms with E-state index in [-0.39, 0.29) is 29.4 Å². The monoisotopic (exact) mass is 410 g/mol. The van der Waals surface area contributed by atoms with Crippen molar-refractivity contribution in [3.8, 4) is 11.6 Å². The predicted molar refractivity (Wildman–Crippen MR) is 109 cm³/mol. The van der Waals surface area contributed by atoms with Crippen LogP contribution in [0.2, 0.25) is 0 Å². The Hall–Kier alpha value is -4.01. The summed E-state index contributed by atoms with van der Waals surface area (Å²) in [4.78, 5) is 29.1. The molecule has 1 amide bonds. The van der Waals surface area contributed by atoms with Crippen LogP contribution in [0.15, 0.2) is 60.8 Å². The van der Waals surface area contributed by atoms with E-state index in [9.17, 15) is 19.3 Å². The molecular weight excluding hydrogens is 391 g/mol. The van der Waals surface area contributed by atoms with Gasteiger partial charge in [-0.15, -0.1) is 0 Å². The number of nitrogens with zero attached hydrogens (tertiary/aromatic N) is 3. The molecule has 154 valence electrons. The minimum atomic E-state index is -0.553. The first-order valence-electron chi connectivity index (χ1n) is 8.96. The van der Waals surface area contributed by atoms with Gasteiger partial charge in [0, 0.05) is 56.3 Å². The van der Waals surface area contributed by atoms with Crippen molar-refractivity contribution in [1.29, 1.82) is 0 Å². The summed E-state index contributed by atoms with van der Waals surface area (Å²) in [6.07, 6.45) is 1.52. The highest BCUT2D eigenvalue weighted by molar-refractivity contribution is 6.00. The van der Waals surface area contributed by atoms with Gasteiger partial charge in [-0.1, -0.05) is 12.1 Å². The molecule has 0 atom stereocenters. The van der Waals surface area contributed by atoms with E-state index in [1.54, 1.807) is 37.2 Å². The summed E-state index contributed by atoms with van der Waals surface area (Å²) in [6.45, 7) is 0.0624. The van der Waals surface area contributed by atoms with Crippen LogP contribution in [0.5, 0.6) is 11.6 Å². The van der Waals surface area contributed by atoms with Gasteiger partial charge in [-0.05, 0) is 24.3 Å². The summed E-state index contributed by atoms with van der Waals surface area (Å²) >= 11 is 0. The van der Waals surface area contributed by atoms with E-state index in [1.165, 1.54) is 42.6 Å². The van der Waals surface area contributed by atoms with Gasteiger partial charge in [-0.25, -0.2) is 9.37 Å². The molecule has 9 heteroatoms. The van der Waals surface area contributed by atoms with E-state index in [0.29, 0.717) is 11.3 Å². The Labute approximate surface area is 172 Å². The normalized spacial score (nSPS) is 10.4. The predicted octanol–water partition coefficient (Wildman–Crippen LogP) is 3.92. The fraction of sp³-hybridized carbons (Fsp3) is 0.143. The van der Waals surface area contributed by atoms with Crippen LogP contribution in [0.1, 0.15) is 15.9 Å². The summed E-state index contributed by atoms with van der Waals surface area (Å²) in [7, 11) is 3.48. The van der Waals surface area contributed by atoms with E-state index in [0.717, 1.165) is 0 Å². The van der Waals surface area contributed by atoms with Crippen molar-refractivity contribution in [2.24, 2.45) is 0 Å². The highest BCUT2D eigenvalue weighted by Crippen LogP contribution is 2.26. The lowest BCUT2D eigenvalue weighted by Crippen LogP contribution is -2.25. The first kappa shape index (κ1) is 20.7. The van der Waals surface area contributed by atoms with Crippen LogP contribution >= 0.6 is 0 Å². The van der Waals surface area contributed by atoms with Crippen molar-refractivity contribution in [3.05, 3.63) is 87.9 Å². The Kier molecular flexibility index (Phi) is 6.21. The van der Waals surface area contributed by atoms with Gasteiger partial charge >= 0.3 is 0 Å². The smallest absolute Gasteiger partial charge is 0.270 e. The van der Waals surface area contributed by atoms with Gasteiger partial charge in [0.05, 0.1) is 10.5 Å². The second kappa shape index (κ2) is 8.99. The Morgan fingerprint density at radius 2 is 2.00 bits per heavy atom. The largest absolute Gasteiger partial charge is 0.439 e. The molecule has 0 spiro atoms. The molecule has 0 radical (unpaired) electrons. The second-order valence-corrected chi connectivity index (χ2v) is 6.56. The zero-order valence-corrected chi connectivity index (χ0v) is 16.3. The Bertz CT molecular complexity index is 1090. The molecule has 0 fully saturated rings. The molecule has 1 N–H and O–H groups in total. The van der Waals surface area contributed by atoms with Crippen molar-refractivity contribution in [1.82, 2.24) is 10.3 Å². The number of nitrogens with one attached hydrogen (secondary N) is 1. The zero-order chi connectivity index (χ0) is 21.7. The molecule has 30 heavy (non-hydrogen) atoms. The fourth-order valence-corrected chi connectivity index (χ4v) is 2.77. The second-order valence-electron chi connectivity index (χ2n) is 6.56. The maximum atomic E-state index is 13.4. The molecule has 0 aliphatic heterocycles. The maximum absolute atomic E-state index is 13.4. The molecule has 0 aliphatic rings. The van der Waals surface area contributed by atoms with Crippen LogP contribution in [-0.2, 0) is 6.54 Å². The first-order valence-corrected chi connectivity index (χ1v) is 8.96. The third-order valence-electron chi connectivity index (χ3n) is 4.22. The number of non-ortho nitro benzene ring substituents is 1. The van der Waals surface area contributed by atoms with Gasteiger partial charge < -0.3 is 15.0 Å². The Morgan fingerprint density at radius 1 is 1.20 bits per heavy atom. The van der Waals surface area contributed by atoms with Crippen LogP contribution in [-0.4, -0.2) is 29.9 Å². The number of nitro groups is 1. The summed E-state index contributed by atoms with van der Waals surface area (Å²) in [6, 6.07) is 13.1. The van der Waals surface area contributed by atoms with Gasteiger partial charge in [0.2, 0.25) is 5.88 Å². The van der Waals surface area contributed by atoms with Gasteiger partial charge in [0.25, 0.3) is 11.6 Å². The highest BCUT2D eigenvalue weighted by Gasteiger charge is 2.18. The highest BCUT2D eigenvalue weighted by atomic mass is 19.1. The summed E-state index contributed by atoms with van der Waals surface area (Å²) in [5, 5.41) is 13.8. The van der Waals surface area contributed by atoms with E-state index in [2.05, 4.69) is 10.3 Å². The first-order chi connectivity index (χ1) is 14.3. The summed E-state index contributed by atoms with van der Waals surface area (Å²) < 4.78 is 19.0. The SMILES string of the molecule is CN(C)c1ccc([N+](=O)[O-])cc1C(=O)NCc1cccnc1Oc1cccc(F)c1. The van der Waals surface area contributed by atoms with Crippen molar-refractivity contribution in [2.75, 3.05) is 19.0 Å². The van der Waals surface area contributed by atoms with E-state index < -0.39 is 16.6 Å². The molecule has 2 aromatic carbocycles. The summed E-state index contributed by atoms with van der Waals surface area (Å²) in [5.74, 6) is -0.437. The van der Waals surface area contributed by atoms with Crippen molar-refractivity contribution >= 4 is 17.3 Å². The minimum absolute atomic E-state index is 0.0624. The molecule has 1 heterocycles. The molecule has 0 bridgehead atoms. The minimum Gasteiger partial charge on any atom is -0.439 e. The third-order valence-corrected chi connectivity index (χ3v) is 4.22. The molecule has 0 aliphatic carbocycles. The van der Waals surface area contributed by atoms with E-state index >= 15 is 0 Å². The molecule has 1 aromatic heterocycles. The Morgan fingerprint density at radius 3 is 2.70 bits per heavy atom. The lowest BCUT2D eigenvalue weighted by atomic mass is 10.1. The topological polar surface area (TPSA) is 97.6 Å². The molecule has 0 saturated heterocycles. The average molecular weight is 410 g/mol. The number of rotatable bonds is 7. The average Bonchev–Trinajstić information content (AvgIpc) is 2.72. The quantitative estimate of drug-likeness (QED) is 0.468. The van der Waals surface area contributed by atoms with Crippen molar-refractivity contribution in [3.63, 3.8) is 0 Å². The number of pyridine rings is 1. The summed E-state index contributed by atoms with van der Waals surface area (Å²) in [5.41, 5.74) is 1.10. The number of carbonyl (C=O) groups is 1. The van der Waals surface area contributed by atoms with Gasteiger partial charge in [-0.3, -0.25) is 14.9 Å². The van der Waals surface area contributed by atoms with Crippen LogP contribution in [0, 0.1) is 15.9 Å². The number of nitro benzene ring substituents is 1. The number of halogens is 1. The van der Waals surface area contributed by atoms with Gasteiger partial charge in [-0.2, -0.15) is 0 Å². The lowest BCUT2D eigenvalue weighted by Gasteiger charge is -2.17. The number of benzene rings is 2. The molecule has 0 unspecified atom stereocenters. The standard InChI is InChI=1S/C21H19FN4O4/c1-25(2)19-9-8-16(26(28)29)12-18(19)20(27)24-13-14-5-4-10-23-21(14)30-17-7-3-6-15(22)11-17/h3-12H,13H2,1-2H3,(H,24,27). The number of aromatic nitrogens is 1. The van der Waals surface area contributed by atoms with E-state index in [1.807, 2.05) is 0 Å². The van der Waals surface area contributed by atoms with E-state index in [4.69, 9.17) is 4.74 Å². The third kappa shape index (κ3) is 4.88. The zero-order valence-electron chi connectivity index (χ0n) is 16.3. The lowest BCUT2D eigenvalue weighted by molar-refractivity contribution is -0.384. The van der Waals surface area contributed by atoms with Crippen LogP contribution in [0.25, 0.3) is 0 Å². The molecule has 0 saturated carbocycles. The number of amides is 1. The Balaban J connectivity index is 1.80. The number of carbonyl (C=O) groups excluding carboxylic acids is 1. The van der Waals surface area contributed by atoms with Gasteiger partial charge in [0.15, 0.2) is 0 Å². The van der Waals surface area contributed by atoms with Crippen molar-refractivity contribution < 1.29 is 18.8 Å².